The van der Waals surface area contributed by atoms with Crippen LogP contribution in [0.15, 0.2) is 78.9 Å². The van der Waals surface area contributed by atoms with Crippen LogP contribution in [0, 0.1) is 5.82 Å². The molecule has 234 valence electrons. The van der Waals surface area contributed by atoms with Gasteiger partial charge in [0, 0.05) is 11.6 Å². The summed E-state index contributed by atoms with van der Waals surface area (Å²) in [5.74, 6) is 0.593. The SMILES string of the molecule is CN1CCC[C@H]1COc1nc(OCc2ccccc2)c2ccc(-c3cc(O[Si](C)(C)C(C)(C)C)cc4ccccc34)c(F)c2n1. The third-order valence-electron chi connectivity index (χ3n) is 9.35. The molecular weight excluding hydrogens is 582 g/mol. The van der Waals surface area contributed by atoms with E-state index in [2.05, 4.69) is 61.8 Å². The van der Waals surface area contributed by atoms with E-state index in [1.165, 1.54) is 0 Å². The molecule has 1 saturated heterocycles. The smallest absolute Gasteiger partial charge is 0.320 e. The zero-order valence-corrected chi connectivity index (χ0v) is 28.1. The Balaban J connectivity index is 1.45. The van der Waals surface area contributed by atoms with Gasteiger partial charge in [0.05, 0.1) is 5.39 Å². The molecule has 0 amide bonds. The summed E-state index contributed by atoms with van der Waals surface area (Å²) in [6.45, 7) is 12.8. The first-order valence-electron chi connectivity index (χ1n) is 15.7. The number of hydrogen-bond acceptors (Lipinski definition) is 6. The Kier molecular flexibility index (Phi) is 8.55. The van der Waals surface area contributed by atoms with Gasteiger partial charge < -0.3 is 18.8 Å². The number of rotatable bonds is 9. The molecule has 0 spiro atoms. The zero-order chi connectivity index (χ0) is 31.8. The molecule has 1 fully saturated rings. The van der Waals surface area contributed by atoms with Gasteiger partial charge in [0.15, 0.2) is 5.82 Å². The highest BCUT2D eigenvalue weighted by Gasteiger charge is 2.39. The fraction of sp³-hybridized carbons (Fsp3) is 0.351. The number of halogens is 1. The van der Waals surface area contributed by atoms with Crippen molar-refractivity contribution in [3.63, 3.8) is 0 Å². The van der Waals surface area contributed by atoms with Crippen LogP contribution in [0.25, 0.3) is 32.8 Å². The van der Waals surface area contributed by atoms with Crippen molar-refractivity contribution in [1.82, 2.24) is 14.9 Å². The van der Waals surface area contributed by atoms with Gasteiger partial charge in [-0.2, -0.15) is 9.97 Å². The number of fused-ring (bicyclic) bond motifs is 2. The number of likely N-dealkylation sites (N-methyl/N-ethyl adjacent to an activating group) is 1. The monoisotopic (exact) mass is 623 g/mol. The molecule has 0 aliphatic carbocycles. The summed E-state index contributed by atoms with van der Waals surface area (Å²) < 4.78 is 35.8. The molecule has 6 nitrogen and oxygen atoms in total. The van der Waals surface area contributed by atoms with Crippen LogP contribution in [0.2, 0.25) is 18.1 Å². The number of aromatic nitrogens is 2. The Labute approximate surface area is 266 Å². The number of likely N-dealkylation sites (tertiary alicyclic amines) is 1. The van der Waals surface area contributed by atoms with E-state index < -0.39 is 14.1 Å². The van der Waals surface area contributed by atoms with Crippen LogP contribution in [0.3, 0.4) is 0 Å². The molecule has 1 aliphatic rings. The number of nitrogens with zero attached hydrogens (tertiary/aromatic N) is 3. The van der Waals surface area contributed by atoms with Crippen molar-refractivity contribution in [2.24, 2.45) is 0 Å². The molecule has 4 aromatic carbocycles. The lowest BCUT2D eigenvalue weighted by Crippen LogP contribution is -2.43. The molecule has 45 heavy (non-hydrogen) atoms. The molecule has 0 bridgehead atoms. The fourth-order valence-electron chi connectivity index (χ4n) is 5.60. The van der Waals surface area contributed by atoms with Crippen molar-refractivity contribution in [3.05, 3.63) is 90.2 Å². The summed E-state index contributed by atoms with van der Waals surface area (Å²) in [6.07, 6.45) is 2.17. The highest BCUT2D eigenvalue weighted by atomic mass is 28.4. The van der Waals surface area contributed by atoms with E-state index in [4.69, 9.17) is 13.9 Å². The molecular formula is C37H42FN3O3Si. The predicted octanol–water partition coefficient (Wildman–Crippen LogP) is 9.03. The summed E-state index contributed by atoms with van der Waals surface area (Å²) in [7, 11) is -0.0497. The molecule has 0 unspecified atom stereocenters. The van der Waals surface area contributed by atoms with Crippen LogP contribution in [0.5, 0.6) is 17.6 Å². The van der Waals surface area contributed by atoms with Gasteiger partial charge in [0.2, 0.25) is 14.2 Å². The largest absolute Gasteiger partial charge is 0.543 e. The van der Waals surface area contributed by atoms with Crippen LogP contribution < -0.4 is 13.9 Å². The summed E-state index contributed by atoms with van der Waals surface area (Å²) in [4.78, 5) is 11.5. The van der Waals surface area contributed by atoms with Crippen molar-refractivity contribution in [1.29, 1.82) is 0 Å². The fourth-order valence-corrected chi connectivity index (χ4v) is 6.61. The van der Waals surface area contributed by atoms with Gasteiger partial charge in [-0.3, -0.25) is 0 Å². The normalized spacial score (nSPS) is 15.9. The molecule has 5 aromatic rings. The maximum absolute atomic E-state index is 16.8. The first-order chi connectivity index (χ1) is 21.5. The van der Waals surface area contributed by atoms with Crippen molar-refractivity contribution < 1.29 is 18.3 Å². The lowest BCUT2D eigenvalue weighted by molar-refractivity contribution is 0.185. The third kappa shape index (κ3) is 6.53. The minimum Gasteiger partial charge on any atom is -0.543 e. The van der Waals surface area contributed by atoms with E-state index in [0.717, 1.165) is 47.0 Å². The second kappa shape index (κ2) is 12.4. The van der Waals surface area contributed by atoms with Crippen molar-refractivity contribution in [2.75, 3.05) is 20.2 Å². The van der Waals surface area contributed by atoms with Crippen LogP contribution in [0.1, 0.15) is 39.2 Å². The second-order valence-electron chi connectivity index (χ2n) is 13.6. The quantitative estimate of drug-likeness (QED) is 0.153. The van der Waals surface area contributed by atoms with E-state index in [-0.39, 0.29) is 22.6 Å². The van der Waals surface area contributed by atoms with Gasteiger partial charge in [-0.1, -0.05) is 81.4 Å². The molecule has 8 heteroatoms. The van der Waals surface area contributed by atoms with Crippen LogP contribution in [-0.4, -0.2) is 49.4 Å². The Morgan fingerprint density at radius 1 is 0.889 bits per heavy atom. The van der Waals surface area contributed by atoms with E-state index in [0.29, 0.717) is 30.0 Å². The van der Waals surface area contributed by atoms with Crippen LogP contribution >= 0.6 is 0 Å². The topological polar surface area (TPSA) is 56.7 Å². The molecule has 0 N–H and O–H groups in total. The minimum atomic E-state index is -2.14. The van der Waals surface area contributed by atoms with Gasteiger partial charge in [-0.05, 0) is 84.7 Å². The third-order valence-corrected chi connectivity index (χ3v) is 13.7. The standard InChI is InChI=1S/C37H42FN3O3Si/c1-37(2,3)45(5,6)44-28-21-26-15-10-11-17-29(26)32(22-28)30-18-19-31-34(33(30)38)39-36(43-24-27-16-12-20-41(27)4)40-35(31)42-23-25-13-8-7-9-14-25/h7-11,13-15,17-19,21-22,27H,12,16,20,23-24H2,1-6H3/t27-/m0/s1. The molecule has 0 saturated carbocycles. The first-order valence-corrected chi connectivity index (χ1v) is 18.6. The summed E-state index contributed by atoms with van der Waals surface area (Å²) in [5.41, 5.74) is 2.34. The second-order valence-corrected chi connectivity index (χ2v) is 18.3. The van der Waals surface area contributed by atoms with Gasteiger partial charge in [0.1, 0.15) is 24.5 Å². The average molecular weight is 624 g/mol. The van der Waals surface area contributed by atoms with Crippen LogP contribution in [-0.2, 0) is 6.61 Å². The van der Waals surface area contributed by atoms with E-state index in [9.17, 15) is 0 Å². The maximum Gasteiger partial charge on any atom is 0.320 e. The Hall–Kier alpha value is -4.01. The van der Waals surface area contributed by atoms with E-state index in [1.807, 2.05) is 66.7 Å². The summed E-state index contributed by atoms with van der Waals surface area (Å²) >= 11 is 0. The van der Waals surface area contributed by atoms with Gasteiger partial charge in [0.25, 0.3) is 0 Å². The molecule has 1 aliphatic heterocycles. The molecule has 1 aromatic heterocycles. The van der Waals surface area contributed by atoms with E-state index in [1.54, 1.807) is 6.07 Å². The van der Waals surface area contributed by atoms with E-state index >= 15 is 4.39 Å². The van der Waals surface area contributed by atoms with Crippen molar-refractivity contribution in [3.8, 4) is 28.8 Å². The maximum atomic E-state index is 16.8. The Morgan fingerprint density at radius 3 is 2.38 bits per heavy atom. The number of benzene rings is 4. The average Bonchev–Trinajstić information content (AvgIpc) is 3.43. The minimum absolute atomic E-state index is 0.0176. The molecule has 6 rings (SSSR count). The van der Waals surface area contributed by atoms with Gasteiger partial charge in [-0.15, -0.1) is 0 Å². The van der Waals surface area contributed by atoms with Crippen LogP contribution in [0.4, 0.5) is 4.39 Å². The van der Waals surface area contributed by atoms with Gasteiger partial charge >= 0.3 is 6.01 Å². The lowest BCUT2D eigenvalue weighted by Gasteiger charge is -2.36. The Morgan fingerprint density at radius 2 is 1.64 bits per heavy atom. The number of ether oxygens (including phenoxy) is 2. The van der Waals surface area contributed by atoms with Crippen molar-refractivity contribution in [2.45, 2.75) is 64.4 Å². The summed E-state index contributed by atoms with van der Waals surface area (Å²) in [6, 6.07) is 25.9. The highest BCUT2D eigenvalue weighted by Crippen LogP contribution is 2.42. The molecule has 1 atom stereocenters. The zero-order valence-electron chi connectivity index (χ0n) is 27.1. The first kappa shape index (κ1) is 31.0. The Bertz CT molecular complexity index is 1820. The molecule has 2 heterocycles. The highest BCUT2D eigenvalue weighted by molar-refractivity contribution is 6.74. The van der Waals surface area contributed by atoms with Crippen molar-refractivity contribution >= 4 is 30.0 Å². The summed E-state index contributed by atoms with van der Waals surface area (Å²) in [5, 5.41) is 2.44. The lowest BCUT2D eigenvalue weighted by atomic mass is 9.96. The predicted molar refractivity (Wildman–Crippen MR) is 182 cm³/mol. The molecule has 0 radical (unpaired) electrons. The number of hydrogen-bond donors (Lipinski definition) is 0. The van der Waals surface area contributed by atoms with Gasteiger partial charge in [-0.25, -0.2) is 4.39 Å².